The van der Waals surface area contributed by atoms with Gasteiger partial charge in [-0.15, -0.1) is 0 Å². The molecule has 2 heterocycles. The highest BCUT2D eigenvalue weighted by molar-refractivity contribution is 7.84. The summed E-state index contributed by atoms with van der Waals surface area (Å²) in [5.74, 6) is 1.01. The van der Waals surface area contributed by atoms with E-state index in [4.69, 9.17) is 17.3 Å². The first-order valence-electron chi connectivity index (χ1n) is 6.29. The number of benzene rings is 1. The van der Waals surface area contributed by atoms with Crippen molar-refractivity contribution in [3.05, 3.63) is 34.9 Å². The van der Waals surface area contributed by atoms with Gasteiger partial charge >= 0.3 is 0 Å². The van der Waals surface area contributed by atoms with E-state index >= 15 is 0 Å². The summed E-state index contributed by atoms with van der Waals surface area (Å²) < 4.78 is 11.6. The molecule has 0 amide bonds. The predicted molar refractivity (Wildman–Crippen MR) is 84.9 cm³/mol. The lowest BCUT2D eigenvalue weighted by atomic mass is 10.2. The highest BCUT2D eigenvalue weighted by atomic mass is 35.5. The molecule has 1 unspecified atom stereocenters. The van der Waals surface area contributed by atoms with Crippen molar-refractivity contribution in [2.24, 2.45) is 0 Å². The average molecular weight is 324 g/mol. The summed E-state index contributed by atoms with van der Waals surface area (Å²) in [6, 6.07) is 7.62. The summed E-state index contributed by atoms with van der Waals surface area (Å²) in [5.41, 5.74) is 7.69. The van der Waals surface area contributed by atoms with Gasteiger partial charge in [0.25, 0.3) is 0 Å². The number of nitrogens with one attached hydrogen (secondary N) is 1. The third-order valence-electron chi connectivity index (χ3n) is 3.19. The number of nitrogen functional groups attached to an aromatic ring is 1. The van der Waals surface area contributed by atoms with E-state index in [0.29, 0.717) is 35.6 Å². The van der Waals surface area contributed by atoms with Crippen molar-refractivity contribution < 1.29 is 4.21 Å². The molecule has 1 aliphatic rings. The van der Waals surface area contributed by atoms with Gasteiger partial charge < -0.3 is 16.0 Å². The summed E-state index contributed by atoms with van der Waals surface area (Å²) in [4.78, 5) is 10.4. The summed E-state index contributed by atoms with van der Waals surface area (Å²) in [6.07, 6.45) is 1.53. The topological polar surface area (TPSA) is 84.1 Å². The van der Waals surface area contributed by atoms with E-state index in [2.05, 4.69) is 15.3 Å². The fourth-order valence-electron chi connectivity index (χ4n) is 2.16. The minimum absolute atomic E-state index is 0.246. The maximum absolute atomic E-state index is 11.6. The molecule has 0 saturated carbocycles. The third kappa shape index (κ3) is 2.79. The molecular weight excluding hydrogens is 310 g/mol. The molecule has 0 fully saturated rings. The smallest absolute Gasteiger partial charge is 0.222 e. The summed E-state index contributed by atoms with van der Waals surface area (Å²) in [6.45, 7) is 1.24. The molecule has 1 aliphatic heterocycles. The Morgan fingerprint density at radius 3 is 2.76 bits per heavy atom. The van der Waals surface area contributed by atoms with Crippen LogP contribution in [0.5, 0.6) is 0 Å². The Bertz CT molecular complexity index is 706. The number of hydrogen-bond acceptors (Lipinski definition) is 6. The largest absolute Gasteiger partial charge is 0.382 e. The van der Waals surface area contributed by atoms with Crippen LogP contribution >= 0.6 is 11.6 Å². The molecule has 1 atom stereocenters. The molecule has 1 aromatic heterocycles. The molecular formula is C13H14ClN5OS. The molecule has 0 bridgehead atoms. The lowest BCUT2D eigenvalue weighted by Crippen LogP contribution is -2.22. The minimum Gasteiger partial charge on any atom is -0.382 e. The summed E-state index contributed by atoms with van der Waals surface area (Å²) in [7, 11) is -1.27. The van der Waals surface area contributed by atoms with Gasteiger partial charge in [0.2, 0.25) is 5.16 Å². The van der Waals surface area contributed by atoms with Crippen molar-refractivity contribution >= 4 is 39.7 Å². The first-order chi connectivity index (χ1) is 10.0. The average Bonchev–Trinajstić information content (AvgIpc) is 2.85. The van der Waals surface area contributed by atoms with E-state index in [1.54, 1.807) is 0 Å². The number of nitrogens with zero attached hydrogens (tertiary/aromatic N) is 3. The van der Waals surface area contributed by atoms with Gasteiger partial charge in [0.1, 0.15) is 5.69 Å². The lowest BCUT2D eigenvalue weighted by molar-refractivity contribution is 0.679. The molecule has 0 radical (unpaired) electrons. The maximum atomic E-state index is 11.6. The highest BCUT2D eigenvalue weighted by Crippen LogP contribution is 2.34. The molecule has 1 aromatic carbocycles. The Labute approximate surface area is 129 Å². The first kappa shape index (κ1) is 14.1. The van der Waals surface area contributed by atoms with E-state index in [1.807, 2.05) is 29.2 Å². The van der Waals surface area contributed by atoms with Crippen LogP contribution in [0.3, 0.4) is 0 Å². The van der Waals surface area contributed by atoms with E-state index in [0.717, 1.165) is 5.56 Å². The zero-order valence-corrected chi connectivity index (χ0v) is 12.9. The van der Waals surface area contributed by atoms with Crippen LogP contribution in [-0.4, -0.2) is 27.1 Å². The zero-order chi connectivity index (χ0) is 15.0. The minimum atomic E-state index is -1.27. The molecule has 3 rings (SSSR count). The second kappa shape index (κ2) is 5.50. The van der Waals surface area contributed by atoms with Crippen LogP contribution in [0.15, 0.2) is 29.4 Å². The van der Waals surface area contributed by atoms with E-state index < -0.39 is 10.8 Å². The van der Waals surface area contributed by atoms with Crippen molar-refractivity contribution in [3.8, 4) is 0 Å². The zero-order valence-electron chi connectivity index (χ0n) is 11.3. The predicted octanol–water partition coefficient (Wildman–Crippen LogP) is 1.84. The van der Waals surface area contributed by atoms with Gasteiger partial charge in [-0.05, 0) is 17.7 Å². The Morgan fingerprint density at radius 2 is 2.10 bits per heavy atom. The Morgan fingerprint density at radius 1 is 1.38 bits per heavy atom. The fraction of sp³-hybridized carbons (Fsp3) is 0.231. The summed E-state index contributed by atoms with van der Waals surface area (Å²) in [5, 5.41) is 4.12. The van der Waals surface area contributed by atoms with Crippen molar-refractivity contribution in [3.63, 3.8) is 0 Å². The number of rotatable bonds is 3. The maximum Gasteiger partial charge on any atom is 0.222 e. The van der Waals surface area contributed by atoms with Crippen LogP contribution in [0, 0.1) is 0 Å². The van der Waals surface area contributed by atoms with E-state index in [9.17, 15) is 4.21 Å². The lowest BCUT2D eigenvalue weighted by Gasteiger charge is -2.17. The SMILES string of the molecule is CS(=O)c1nc(N)c2c(n1)N(Cc1ccc(Cl)cc1)CN2. The van der Waals surface area contributed by atoms with Gasteiger partial charge in [-0.1, -0.05) is 23.7 Å². The Hall–Kier alpha value is -1.86. The molecule has 0 aliphatic carbocycles. The molecule has 3 N–H and O–H groups in total. The van der Waals surface area contributed by atoms with Gasteiger partial charge in [0.15, 0.2) is 11.6 Å². The molecule has 0 spiro atoms. The highest BCUT2D eigenvalue weighted by Gasteiger charge is 2.25. The Balaban J connectivity index is 1.92. The third-order valence-corrected chi connectivity index (χ3v) is 4.14. The monoisotopic (exact) mass is 323 g/mol. The normalized spacial score (nSPS) is 14.7. The van der Waals surface area contributed by atoms with Crippen LogP contribution in [-0.2, 0) is 17.3 Å². The quantitative estimate of drug-likeness (QED) is 0.838. The number of anilines is 3. The van der Waals surface area contributed by atoms with Gasteiger partial charge in [-0.2, -0.15) is 0 Å². The second-order valence-electron chi connectivity index (χ2n) is 4.70. The van der Waals surface area contributed by atoms with Crippen molar-refractivity contribution in [1.29, 1.82) is 0 Å². The number of halogens is 1. The molecule has 21 heavy (non-hydrogen) atoms. The summed E-state index contributed by atoms with van der Waals surface area (Å²) >= 11 is 5.89. The van der Waals surface area contributed by atoms with Crippen molar-refractivity contribution in [2.75, 3.05) is 28.9 Å². The fourth-order valence-corrected chi connectivity index (χ4v) is 2.73. The van der Waals surface area contributed by atoms with Gasteiger partial charge in [0, 0.05) is 17.8 Å². The van der Waals surface area contributed by atoms with Crippen LogP contribution in [0.25, 0.3) is 0 Å². The van der Waals surface area contributed by atoms with E-state index in [-0.39, 0.29) is 5.16 Å². The number of aromatic nitrogens is 2. The van der Waals surface area contributed by atoms with Crippen LogP contribution in [0.1, 0.15) is 5.56 Å². The molecule has 0 saturated heterocycles. The second-order valence-corrected chi connectivity index (χ2v) is 6.41. The van der Waals surface area contributed by atoms with Crippen LogP contribution in [0.4, 0.5) is 17.3 Å². The van der Waals surface area contributed by atoms with Gasteiger partial charge in [0.05, 0.1) is 17.5 Å². The van der Waals surface area contributed by atoms with Gasteiger partial charge in [-0.3, -0.25) is 4.21 Å². The first-order valence-corrected chi connectivity index (χ1v) is 8.22. The van der Waals surface area contributed by atoms with E-state index in [1.165, 1.54) is 6.26 Å². The van der Waals surface area contributed by atoms with Crippen LogP contribution in [0.2, 0.25) is 5.02 Å². The number of fused-ring (bicyclic) bond motifs is 1. The Kier molecular flexibility index (Phi) is 3.69. The molecule has 2 aromatic rings. The standard InChI is InChI=1S/C13H14ClN5OS/c1-21(20)13-17-11(15)10-12(18-13)19(7-16-10)6-8-2-4-9(14)5-3-8/h2-5,16H,6-7H2,1H3,(H2,15,17,18). The molecule has 110 valence electrons. The number of nitrogens with two attached hydrogens (primary N) is 1. The molecule has 8 heteroatoms. The number of hydrogen-bond donors (Lipinski definition) is 2. The van der Waals surface area contributed by atoms with Crippen molar-refractivity contribution in [2.45, 2.75) is 11.7 Å². The van der Waals surface area contributed by atoms with Crippen LogP contribution < -0.4 is 16.0 Å². The van der Waals surface area contributed by atoms with Gasteiger partial charge in [-0.25, -0.2) is 9.97 Å². The molecule has 6 nitrogen and oxygen atoms in total. The van der Waals surface area contributed by atoms with Crippen molar-refractivity contribution in [1.82, 2.24) is 9.97 Å².